The lowest BCUT2D eigenvalue weighted by Crippen LogP contribution is -2.31. The number of carbonyl (C=O) groups excluding carboxylic acids is 1. The van der Waals surface area contributed by atoms with Crippen LogP contribution in [-0.2, 0) is 27.7 Å². The summed E-state index contributed by atoms with van der Waals surface area (Å²) >= 11 is 12.1. The van der Waals surface area contributed by atoms with Gasteiger partial charge in [0, 0.05) is 19.2 Å². The SMILES string of the molecule is Cc1ccc(S(=O)(=O)CCC(=O)N(Cc2ccc(Cl)c(Cl)c2)Cc2ccccn2)cc1. The van der Waals surface area contributed by atoms with Crippen LogP contribution in [0.25, 0.3) is 0 Å². The molecule has 2 aromatic carbocycles. The zero-order valence-electron chi connectivity index (χ0n) is 17.0. The topological polar surface area (TPSA) is 67.3 Å². The maximum Gasteiger partial charge on any atom is 0.224 e. The van der Waals surface area contributed by atoms with E-state index in [-0.39, 0.29) is 36.1 Å². The van der Waals surface area contributed by atoms with E-state index in [1.807, 2.05) is 19.1 Å². The lowest BCUT2D eigenvalue weighted by molar-refractivity contribution is -0.132. The van der Waals surface area contributed by atoms with Crippen LogP contribution in [0, 0.1) is 6.92 Å². The van der Waals surface area contributed by atoms with Crippen LogP contribution in [0.5, 0.6) is 0 Å². The molecule has 3 aromatic rings. The Bertz CT molecular complexity index is 1150. The fourth-order valence-corrected chi connectivity index (χ4v) is 4.57. The van der Waals surface area contributed by atoms with Gasteiger partial charge in [0.05, 0.1) is 32.9 Å². The molecule has 8 heteroatoms. The molecular weight excluding hydrogens is 455 g/mol. The van der Waals surface area contributed by atoms with Gasteiger partial charge in [0.1, 0.15) is 0 Å². The highest BCUT2D eigenvalue weighted by Gasteiger charge is 2.21. The molecule has 0 aliphatic carbocycles. The average Bonchev–Trinajstić information content (AvgIpc) is 2.75. The first-order valence-electron chi connectivity index (χ1n) is 9.65. The summed E-state index contributed by atoms with van der Waals surface area (Å²) in [5, 5.41) is 0.823. The summed E-state index contributed by atoms with van der Waals surface area (Å²) in [7, 11) is -3.57. The van der Waals surface area contributed by atoms with Crippen molar-refractivity contribution in [2.24, 2.45) is 0 Å². The highest BCUT2D eigenvalue weighted by atomic mass is 35.5. The second kappa shape index (κ2) is 10.3. The van der Waals surface area contributed by atoms with E-state index >= 15 is 0 Å². The molecule has 1 heterocycles. The molecule has 0 saturated carbocycles. The largest absolute Gasteiger partial charge is 0.332 e. The Morgan fingerprint density at radius 2 is 1.71 bits per heavy atom. The van der Waals surface area contributed by atoms with E-state index in [9.17, 15) is 13.2 Å². The van der Waals surface area contributed by atoms with Crippen LogP contribution in [0.2, 0.25) is 10.0 Å². The van der Waals surface area contributed by atoms with Crippen LogP contribution in [0.15, 0.2) is 71.8 Å². The van der Waals surface area contributed by atoms with Crippen LogP contribution in [-0.4, -0.2) is 30.0 Å². The van der Waals surface area contributed by atoms with E-state index in [2.05, 4.69) is 4.98 Å². The fourth-order valence-electron chi connectivity index (χ4n) is 3.02. The number of halogens is 2. The van der Waals surface area contributed by atoms with E-state index < -0.39 is 9.84 Å². The molecule has 0 unspecified atom stereocenters. The minimum absolute atomic E-state index is 0.135. The van der Waals surface area contributed by atoms with E-state index in [1.54, 1.807) is 59.6 Å². The van der Waals surface area contributed by atoms with E-state index in [1.165, 1.54) is 0 Å². The molecule has 1 amide bonds. The van der Waals surface area contributed by atoms with Crippen LogP contribution >= 0.6 is 23.2 Å². The Morgan fingerprint density at radius 3 is 2.35 bits per heavy atom. The van der Waals surface area contributed by atoms with Crippen molar-refractivity contribution >= 4 is 38.9 Å². The van der Waals surface area contributed by atoms with Crippen LogP contribution in [0.4, 0.5) is 0 Å². The molecule has 5 nitrogen and oxygen atoms in total. The molecule has 0 N–H and O–H groups in total. The first-order chi connectivity index (χ1) is 14.7. The Labute approximate surface area is 192 Å². The van der Waals surface area contributed by atoms with Crippen LogP contribution in [0.3, 0.4) is 0 Å². The third kappa shape index (κ3) is 6.53. The quantitative estimate of drug-likeness (QED) is 0.453. The first kappa shape index (κ1) is 23.3. The van der Waals surface area contributed by atoms with Crippen molar-refractivity contribution in [1.29, 1.82) is 0 Å². The lowest BCUT2D eigenvalue weighted by Gasteiger charge is -2.23. The van der Waals surface area contributed by atoms with Gasteiger partial charge in [-0.2, -0.15) is 0 Å². The maximum atomic E-state index is 13.0. The summed E-state index contributed by atoms with van der Waals surface area (Å²) in [6.45, 7) is 2.40. The number of hydrogen-bond acceptors (Lipinski definition) is 4. The second-order valence-corrected chi connectivity index (χ2v) is 10.1. The van der Waals surface area contributed by atoms with Crippen LogP contribution in [0.1, 0.15) is 23.2 Å². The number of hydrogen-bond donors (Lipinski definition) is 0. The van der Waals surface area contributed by atoms with Gasteiger partial charge in [-0.05, 0) is 48.9 Å². The summed E-state index contributed by atoms with van der Waals surface area (Å²) in [4.78, 5) is 19.1. The predicted octanol–water partition coefficient (Wildman–Crippen LogP) is 5.09. The predicted molar refractivity (Wildman–Crippen MR) is 123 cm³/mol. The standard InChI is InChI=1S/C23H22Cl2N2O3S/c1-17-5-8-20(9-6-17)31(29,30)13-11-23(28)27(16-19-4-2-3-12-26-19)15-18-7-10-21(24)22(25)14-18/h2-10,12,14H,11,13,15-16H2,1H3. The molecule has 0 atom stereocenters. The summed E-state index contributed by atoms with van der Waals surface area (Å²) < 4.78 is 25.3. The van der Waals surface area contributed by atoms with Crippen molar-refractivity contribution in [1.82, 2.24) is 9.88 Å². The van der Waals surface area contributed by atoms with Crippen molar-refractivity contribution in [2.45, 2.75) is 31.3 Å². The fraction of sp³-hybridized carbons (Fsp3) is 0.217. The van der Waals surface area contributed by atoms with Crippen LogP contribution < -0.4 is 0 Å². The van der Waals surface area contributed by atoms with E-state index in [4.69, 9.17) is 23.2 Å². The highest BCUT2D eigenvalue weighted by molar-refractivity contribution is 7.91. The molecule has 3 rings (SSSR count). The monoisotopic (exact) mass is 476 g/mol. The summed E-state index contributed by atoms with van der Waals surface area (Å²) in [6.07, 6.45) is 1.52. The normalized spacial score (nSPS) is 11.3. The molecule has 0 spiro atoms. The number of pyridine rings is 1. The lowest BCUT2D eigenvalue weighted by atomic mass is 10.2. The van der Waals surface area contributed by atoms with Gasteiger partial charge in [0.15, 0.2) is 9.84 Å². The Hall–Kier alpha value is -2.41. The second-order valence-electron chi connectivity index (χ2n) is 7.20. The number of benzene rings is 2. The number of rotatable bonds is 8. The minimum Gasteiger partial charge on any atom is -0.332 e. The summed E-state index contributed by atoms with van der Waals surface area (Å²) in [5.41, 5.74) is 2.47. The van der Waals surface area contributed by atoms with Crippen molar-refractivity contribution in [3.05, 3.63) is 93.7 Å². The maximum absolute atomic E-state index is 13.0. The Kier molecular flexibility index (Phi) is 7.70. The minimum atomic E-state index is -3.57. The van der Waals surface area contributed by atoms with Crippen molar-refractivity contribution in [3.63, 3.8) is 0 Å². The molecule has 1 aromatic heterocycles. The van der Waals surface area contributed by atoms with E-state index in [0.717, 1.165) is 11.1 Å². The first-order valence-corrected chi connectivity index (χ1v) is 12.1. The molecule has 162 valence electrons. The number of aryl methyl sites for hydroxylation is 1. The summed E-state index contributed by atoms with van der Waals surface area (Å²) in [5.74, 6) is -0.554. The number of sulfone groups is 1. The van der Waals surface area contributed by atoms with Gasteiger partial charge in [0.25, 0.3) is 0 Å². The smallest absolute Gasteiger partial charge is 0.224 e. The Balaban J connectivity index is 1.76. The third-order valence-electron chi connectivity index (χ3n) is 4.75. The molecule has 0 saturated heterocycles. The number of amides is 1. The third-order valence-corrected chi connectivity index (χ3v) is 7.22. The van der Waals surface area contributed by atoms with Gasteiger partial charge in [-0.1, -0.05) is 53.0 Å². The van der Waals surface area contributed by atoms with Crippen molar-refractivity contribution < 1.29 is 13.2 Å². The molecule has 0 fully saturated rings. The molecular formula is C23H22Cl2N2O3S. The molecule has 0 aliphatic heterocycles. The highest BCUT2D eigenvalue weighted by Crippen LogP contribution is 2.24. The van der Waals surface area contributed by atoms with Gasteiger partial charge >= 0.3 is 0 Å². The van der Waals surface area contributed by atoms with Gasteiger partial charge < -0.3 is 4.90 Å². The van der Waals surface area contributed by atoms with Crippen molar-refractivity contribution in [2.75, 3.05) is 5.75 Å². The number of carbonyl (C=O) groups is 1. The van der Waals surface area contributed by atoms with E-state index in [0.29, 0.717) is 15.7 Å². The van der Waals surface area contributed by atoms with Gasteiger partial charge in [-0.3, -0.25) is 9.78 Å². The number of nitrogens with zero attached hydrogens (tertiary/aromatic N) is 2. The Morgan fingerprint density at radius 1 is 0.968 bits per heavy atom. The van der Waals surface area contributed by atoms with Gasteiger partial charge in [0.2, 0.25) is 5.91 Å². The molecule has 0 bridgehead atoms. The zero-order valence-corrected chi connectivity index (χ0v) is 19.3. The van der Waals surface area contributed by atoms with Gasteiger partial charge in [-0.15, -0.1) is 0 Å². The van der Waals surface area contributed by atoms with Gasteiger partial charge in [-0.25, -0.2) is 8.42 Å². The van der Waals surface area contributed by atoms with Crippen molar-refractivity contribution in [3.8, 4) is 0 Å². The summed E-state index contributed by atoms with van der Waals surface area (Å²) in [6, 6.07) is 17.2. The molecule has 31 heavy (non-hydrogen) atoms. The zero-order chi connectivity index (χ0) is 22.4. The molecule has 0 aliphatic rings. The molecule has 0 radical (unpaired) electrons. The number of aromatic nitrogens is 1. The average molecular weight is 477 g/mol.